The van der Waals surface area contributed by atoms with Crippen molar-refractivity contribution in [3.8, 4) is 0 Å². The highest BCUT2D eigenvalue weighted by atomic mass is 32.1. The zero-order chi connectivity index (χ0) is 11.7. The van der Waals surface area contributed by atoms with Gasteiger partial charge in [0.1, 0.15) is 0 Å². The third kappa shape index (κ3) is 2.97. The zero-order valence-electron chi connectivity index (χ0n) is 9.93. The van der Waals surface area contributed by atoms with Crippen molar-refractivity contribution >= 4 is 23.0 Å². The maximum atomic E-state index is 5.53. The van der Waals surface area contributed by atoms with Gasteiger partial charge < -0.3 is 10.2 Å². The number of para-hydroxylation sites is 1. The van der Waals surface area contributed by atoms with Crippen molar-refractivity contribution in [1.29, 1.82) is 0 Å². The Kier molecular flexibility index (Phi) is 3.02. The zero-order valence-corrected chi connectivity index (χ0v) is 10.7. The van der Waals surface area contributed by atoms with Gasteiger partial charge in [0.05, 0.1) is 0 Å². The van der Waals surface area contributed by atoms with Gasteiger partial charge >= 0.3 is 0 Å². The van der Waals surface area contributed by atoms with E-state index in [1.54, 1.807) is 0 Å². The minimum Gasteiger partial charge on any atom is -0.346 e. The van der Waals surface area contributed by atoms with Gasteiger partial charge in [-0.1, -0.05) is 18.2 Å². The third-order valence-corrected chi connectivity index (χ3v) is 3.76. The second-order valence-electron chi connectivity index (χ2n) is 5.12. The van der Waals surface area contributed by atoms with Crippen molar-refractivity contribution in [2.45, 2.75) is 31.7 Å². The molecule has 0 aromatic heterocycles. The minimum atomic E-state index is 0.708. The van der Waals surface area contributed by atoms with E-state index < -0.39 is 0 Å². The van der Waals surface area contributed by atoms with Crippen LogP contribution in [0.3, 0.4) is 0 Å². The molecule has 2 aliphatic rings. The molecule has 1 N–H and O–H groups in total. The summed E-state index contributed by atoms with van der Waals surface area (Å²) in [5.74, 6) is 0.895. The van der Waals surface area contributed by atoms with Crippen LogP contribution in [0.2, 0.25) is 0 Å². The van der Waals surface area contributed by atoms with Crippen molar-refractivity contribution in [3.63, 3.8) is 0 Å². The van der Waals surface area contributed by atoms with Crippen LogP contribution in [0.15, 0.2) is 30.3 Å². The first-order valence-corrected chi connectivity index (χ1v) is 6.86. The molecule has 3 heteroatoms. The van der Waals surface area contributed by atoms with Gasteiger partial charge in [0, 0.05) is 18.3 Å². The molecule has 2 saturated carbocycles. The summed E-state index contributed by atoms with van der Waals surface area (Å²) in [7, 11) is 0. The Labute approximate surface area is 108 Å². The van der Waals surface area contributed by atoms with Crippen molar-refractivity contribution in [1.82, 2.24) is 4.90 Å². The van der Waals surface area contributed by atoms with Crippen LogP contribution in [-0.2, 0) is 0 Å². The summed E-state index contributed by atoms with van der Waals surface area (Å²) in [5.41, 5.74) is 1.10. The van der Waals surface area contributed by atoms with Crippen molar-refractivity contribution in [2.24, 2.45) is 5.92 Å². The van der Waals surface area contributed by atoms with Gasteiger partial charge in [-0.3, -0.25) is 0 Å². The highest BCUT2D eigenvalue weighted by Gasteiger charge is 2.34. The summed E-state index contributed by atoms with van der Waals surface area (Å²) >= 11 is 5.53. The molecule has 17 heavy (non-hydrogen) atoms. The monoisotopic (exact) mass is 246 g/mol. The summed E-state index contributed by atoms with van der Waals surface area (Å²) in [6.07, 6.45) is 5.39. The minimum absolute atomic E-state index is 0.708. The van der Waals surface area contributed by atoms with Gasteiger partial charge in [-0.25, -0.2) is 0 Å². The van der Waals surface area contributed by atoms with E-state index >= 15 is 0 Å². The van der Waals surface area contributed by atoms with Crippen LogP contribution >= 0.6 is 12.2 Å². The molecule has 1 aromatic rings. The Morgan fingerprint density at radius 1 is 1.18 bits per heavy atom. The summed E-state index contributed by atoms with van der Waals surface area (Å²) in [4.78, 5) is 2.40. The van der Waals surface area contributed by atoms with Gasteiger partial charge in [0.25, 0.3) is 0 Å². The van der Waals surface area contributed by atoms with Crippen LogP contribution in [0.25, 0.3) is 0 Å². The fraction of sp³-hybridized carbons (Fsp3) is 0.500. The van der Waals surface area contributed by atoms with Crippen LogP contribution < -0.4 is 5.32 Å². The maximum Gasteiger partial charge on any atom is 0.173 e. The summed E-state index contributed by atoms with van der Waals surface area (Å²) in [6, 6.07) is 10.9. The Morgan fingerprint density at radius 2 is 1.88 bits per heavy atom. The molecule has 2 nitrogen and oxygen atoms in total. The Hall–Kier alpha value is -1.09. The quantitative estimate of drug-likeness (QED) is 0.821. The molecule has 1 aromatic carbocycles. The number of benzene rings is 1. The molecule has 3 rings (SSSR count). The fourth-order valence-electron chi connectivity index (χ4n) is 2.08. The van der Waals surface area contributed by atoms with Crippen molar-refractivity contribution in [2.75, 3.05) is 11.9 Å². The summed E-state index contributed by atoms with van der Waals surface area (Å²) in [6.45, 7) is 1.16. The average molecular weight is 246 g/mol. The van der Waals surface area contributed by atoms with Gasteiger partial charge in [0.2, 0.25) is 0 Å². The lowest BCUT2D eigenvalue weighted by atomic mass is 10.3. The van der Waals surface area contributed by atoms with E-state index in [4.69, 9.17) is 12.2 Å². The van der Waals surface area contributed by atoms with Crippen LogP contribution in [0.5, 0.6) is 0 Å². The van der Waals surface area contributed by atoms with E-state index in [9.17, 15) is 0 Å². The van der Waals surface area contributed by atoms with Crippen molar-refractivity contribution in [3.05, 3.63) is 30.3 Å². The average Bonchev–Trinajstić information content (AvgIpc) is 3.20. The molecular formula is C14H18N2S. The van der Waals surface area contributed by atoms with Gasteiger partial charge in [-0.05, 0) is 56.0 Å². The molecular weight excluding hydrogens is 228 g/mol. The SMILES string of the molecule is S=C(Nc1ccccc1)N(CC1CC1)C1CC1. The van der Waals surface area contributed by atoms with Crippen LogP contribution in [0.4, 0.5) is 5.69 Å². The first-order chi connectivity index (χ1) is 8.33. The number of nitrogens with one attached hydrogen (secondary N) is 1. The van der Waals surface area contributed by atoms with Gasteiger partial charge in [-0.2, -0.15) is 0 Å². The van der Waals surface area contributed by atoms with Gasteiger partial charge in [-0.15, -0.1) is 0 Å². The lowest BCUT2D eigenvalue weighted by Crippen LogP contribution is -2.38. The first kappa shape index (κ1) is 11.0. The number of thiocarbonyl (C=S) groups is 1. The Balaban J connectivity index is 1.62. The first-order valence-electron chi connectivity index (χ1n) is 6.45. The smallest absolute Gasteiger partial charge is 0.173 e. The third-order valence-electron chi connectivity index (χ3n) is 3.43. The number of rotatable bonds is 4. The van der Waals surface area contributed by atoms with Crippen LogP contribution in [0, 0.1) is 5.92 Å². The van der Waals surface area contributed by atoms with Gasteiger partial charge in [0.15, 0.2) is 5.11 Å². The van der Waals surface area contributed by atoms with Crippen LogP contribution in [0.1, 0.15) is 25.7 Å². The Bertz CT molecular complexity index is 396. The predicted molar refractivity (Wildman–Crippen MR) is 75.1 cm³/mol. The molecule has 0 radical (unpaired) electrons. The number of hydrogen-bond donors (Lipinski definition) is 1. The molecule has 0 saturated heterocycles. The lowest BCUT2D eigenvalue weighted by molar-refractivity contribution is 0.396. The summed E-state index contributed by atoms with van der Waals surface area (Å²) < 4.78 is 0. The highest BCUT2D eigenvalue weighted by molar-refractivity contribution is 7.80. The fourth-order valence-corrected chi connectivity index (χ4v) is 2.42. The molecule has 2 aliphatic carbocycles. The second kappa shape index (κ2) is 4.65. The molecule has 0 aliphatic heterocycles. The topological polar surface area (TPSA) is 15.3 Å². The predicted octanol–water partition coefficient (Wildman–Crippen LogP) is 3.26. The normalized spacial score (nSPS) is 18.8. The molecule has 0 atom stereocenters. The molecule has 0 amide bonds. The number of nitrogens with zero attached hydrogens (tertiary/aromatic N) is 1. The second-order valence-corrected chi connectivity index (χ2v) is 5.51. The molecule has 0 unspecified atom stereocenters. The Morgan fingerprint density at radius 3 is 2.47 bits per heavy atom. The largest absolute Gasteiger partial charge is 0.346 e. The van der Waals surface area contributed by atoms with E-state index in [0.717, 1.165) is 23.3 Å². The van der Waals surface area contributed by atoms with Crippen molar-refractivity contribution < 1.29 is 0 Å². The number of hydrogen-bond acceptors (Lipinski definition) is 1. The molecule has 0 heterocycles. The van der Waals surface area contributed by atoms with Crippen LogP contribution in [-0.4, -0.2) is 22.6 Å². The molecule has 2 fully saturated rings. The maximum absolute atomic E-state index is 5.53. The van der Waals surface area contributed by atoms with E-state index in [1.165, 1.54) is 25.7 Å². The molecule has 90 valence electrons. The number of anilines is 1. The lowest BCUT2D eigenvalue weighted by Gasteiger charge is -2.25. The van der Waals surface area contributed by atoms with E-state index in [2.05, 4.69) is 22.3 Å². The molecule has 0 bridgehead atoms. The van der Waals surface area contributed by atoms with E-state index in [1.807, 2.05) is 18.2 Å². The summed E-state index contributed by atoms with van der Waals surface area (Å²) in [5, 5.41) is 4.26. The molecule has 0 spiro atoms. The van der Waals surface area contributed by atoms with E-state index in [0.29, 0.717) is 6.04 Å². The van der Waals surface area contributed by atoms with E-state index in [-0.39, 0.29) is 0 Å². The highest BCUT2D eigenvalue weighted by Crippen LogP contribution is 2.35. The standard InChI is InChI=1S/C14H18N2S/c17-14(15-12-4-2-1-3-5-12)16(13-8-9-13)10-11-6-7-11/h1-5,11,13H,6-10H2,(H,15,17).